The van der Waals surface area contributed by atoms with E-state index in [4.69, 9.17) is 14.6 Å². The fraction of sp³-hybridized carbons (Fsp3) is 0.538. The van der Waals surface area contributed by atoms with Gasteiger partial charge in [-0.3, -0.25) is 0 Å². The zero-order valence-electron chi connectivity index (χ0n) is 10.0. The number of methoxy groups -OCH3 is 1. The number of aliphatic hydroxyl groups is 1. The Kier molecular flexibility index (Phi) is 4.57. The maximum absolute atomic E-state index is 9.02. The van der Waals surface area contributed by atoms with E-state index in [0.29, 0.717) is 12.5 Å². The van der Waals surface area contributed by atoms with E-state index >= 15 is 0 Å². The third-order valence-corrected chi connectivity index (χ3v) is 3.96. The second-order valence-corrected chi connectivity index (χ2v) is 5.18. The summed E-state index contributed by atoms with van der Waals surface area (Å²) < 4.78 is 11.4. The van der Waals surface area contributed by atoms with Crippen molar-refractivity contribution in [2.45, 2.75) is 18.9 Å². The summed E-state index contributed by atoms with van der Waals surface area (Å²) in [5.74, 6) is 3.78. The number of aliphatic hydroxyl groups excluding tert-OH is 1. The molecule has 2 rings (SSSR count). The first-order chi connectivity index (χ1) is 8.35. The topological polar surface area (TPSA) is 38.7 Å². The van der Waals surface area contributed by atoms with Crippen LogP contribution in [0.2, 0.25) is 0 Å². The number of hydrogen-bond donors (Lipinski definition) is 1. The average molecular weight is 254 g/mol. The summed E-state index contributed by atoms with van der Waals surface area (Å²) in [7, 11) is 1.65. The summed E-state index contributed by atoms with van der Waals surface area (Å²) in [5, 5.41) is 9.02. The van der Waals surface area contributed by atoms with Crippen LogP contribution in [0, 0.1) is 0 Å². The molecule has 3 nitrogen and oxygen atoms in total. The lowest BCUT2D eigenvalue weighted by molar-refractivity contribution is 0.217. The normalized spacial score (nSPS) is 19.3. The maximum atomic E-state index is 9.02. The van der Waals surface area contributed by atoms with E-state index in [1.54, 1.807) is 7.11 Å². The fourth-order valence-electron chi connectivity index (χ4n) is 1.99. The minimum Gasteiger partial charge on any atom is -0.493 e. The Morgan fingerprint density at radius 3 is 3.00 bits per heavy atom. The first-order valence-electron chi connectivity index (χ1n) is 5.86. The van der Waals surface area contributed by atoms with Gasteiger partial charge in [0.1, 0.15) is 6.10 Å². The molecule has 0 aliphatic carbocycles. The molecule has 1 saturated heterocycles. The molecule has 0 spiro atoms. The van der Waals surface area contributed by atoms with E-state index in [1.165, 1.54) is 5.75 Å². The maximum Gasteiger partial charge on any atom is 0.164 e. The summed E-state index contributed by atoms with van der Waals surface area (Å²) in [6.07, 6.45) is 1.98. The van der Waals surface area contributed by atoms with Gasteiger partial charge in [-0.05, 0) is 24.7 Å². The van der Waals surface area contributed by atoms with Crippen LogP contribution in [0.25, 0.3) is 0 Å². The van der Waals surface area contributed by atoms with Gasteiger partial charge in [0.25, 0.3) is 0 Å². The van der Waals surface area contributed by atoms with E-state index in [0.717, 1.165) is 29.2 Å². The summed E-state index contributed by atoms with van der Waals surface area (Å²) in [4.78, 5) is 0. The van der Waals surface area contributed by atoms with Crippen molar-refractivity contribution in [3.8, 4) is 11.5 Å². The van der Waals surface area contributed by atoms with Crippen molar-refractivity contribution in [1.82, 2.24) is 0 Å². The van der Waals surface area contributed by atoms with Gasteiger partial charge in [0.15, 0.2) is 11.5 Å². The molecule has 1 N–H and O–H groups in total. The number of ether oxygens (including phenoxy) is 2. The minimum absolute atomic E-state index is 0.124. The third kappa shape index (κ3) is 3.07. The first-order valence-corrected chi connectivity index (χ1v) is 7.01. The Labute approximate surface area is 106 Å². The molecule has 1 aromatic rings. The lowest BCUT2D eigenvalue weighted by Crippen LogP contribution is -2.15. The Bertz CT molecular complexity index is 362. The quantitative estimate of drug-likeness (QED) is 0.873. The highest BCUT2D eigenvalue weighted by Gasteiger charge is 2.19. The molecule has 1 unspecified atom stereocenters. The summed E-state index contributed by atoms with van der Waals surface area (Å²) in [6, 6.07) is 5.85. The van der Waals surface area contributed by atoms with E-state index in [9.17, 15) is 0 Å². The number of rotatable bonds is 5. The summed E-state index contributed by atoms with van der Waals surface area (Å²) >= 11 is 1.92. The fourth-order valence-corrected chi connectivity index (χ4v) is 3.08. The molecule has 1 aliphatic heterocycles. The van der Waals surface area contributed by atoms with Gasteiger partial charge in [-0.2, -0.15) is 11.8 Å². The third-order valence-electron chi connectivity index (χ3n) is 2.83. The lowest BCUT2D eigenvalue weighted by Gasteiger charge is -2.17. The molecule has 0 aromatic heterocycles. The van der Waals surface area contributed by atoms with Gasteiger partial charge in [-0.15, -0.1) is 0 Å². The van der Waals surface area contributed by atoms with Crippen molar-refractivity contribution in [3.63, 3.8) is 0 Å². The molecule has 0 radical (unpaired) electrons. The molecule has 1 aromatic carbocycles. The molecule has 1 atom stereocenters. The zero-order chi connectivity index (χ0) is 12.1. The highest BCUT2D eigenvalue weighted by molar-refractivity contribution is 7.99. The van der Waals surface area contributed by atoms with Crippen LogP contribution >= 0.6 is 11.8 Å². The Morgan fingerprint density at radius 2 is 2.35 bits per heavy atom. The largest absolute Gasteiger partial charge is 0.493 e. The standard InChI is InChI=1S/C13H18O3S/c1-15-13-10(5-7-14)3-2-4-12(13)16-11-6-8-17-9-11/h2-4,11,14H,5-9H2,1H3. The molecule has 4 heteroatoms. The van der Waals surface area contributed by atoms with Gasteiger partial charge >= 0.3 is 0 Å². The Balaban J connectivity index is 2.16. The van der Waals surface area contributed by atoms with Gasteiger partial charge in [0.05, 0.1) is 7.11 Å². The van der Waals surface area contributed by atoms with Crippen molar-refractivity contribution in [2.75, 3.05) is 25.2 Å². The Hall–Kier alpha value is -0.870. The van der Waals surface area contributed by atoms with Crippen LogP contribution in [0.1, 0.15) is 12.0 Å². The SMILES string of the molecule is COc1c(CCO)cccc1OC1CCSC1. The highest BCUT2D eigenvalue weighted by Crippen LogP contribution is 2.34. The van der Waals surface area contributed by atoms with E-state index < -0.39 is 0 Å². The second-order valence-electron chi connectivity index (χ2n) is 4.03. The van der Waals surface area contributed by atoms with E-state index in [1.807, 2.05) is 30.0 Å². The number of thioether (sulfide) groups is 1. The van der Waals surface area contributed by atoms with Crippen LogP contribution < -0.4 is 9.47 Å². The van der Waals surface area contributed by atoms with Crippen LogP contribution in [0.3, 0.4) is 0 Å². The van der Waals surface area contributed by atoms with Gasteiger partial charge in [-0.25, -0.2) is 0 Å². The average Bonchev–Trinajstić information content (AvgIpc) is 2.83. The van der Waals surface area contributed by atoms with Gasteiger partial charge in [0, 0.05) is 17.9 Å². The van der Waals surface area contributed by atoms with Crippen molar-refractivity contribution in [3.05, 3.63) is 23.8 Å². The number of benzene rings is 1. The lowest BCUT2D eigenvalue weighted by atomic mass is 10.1. The van der Waals surface area contributed by atoms with Crippen molar-refractivity contribution < 1.29 is 14.6 Å². The van der Waals surface area contributed by atoms with Crippen molar-refractivity contribution in [2.24, 2.45) is 0 Å². The second kappa shape index (κ2) is 6.17. The van der Waals surface area contributed by atoms with Crippen LogP contribution in [0.15, 0.2) is 18.2 Å². The van der Waals surface area contributed by atoms with Gasteiger partial charge in [0.2, 0.25) is 0 Å². The smallest absolute Gasteiger partial charge is 0.164 e. The van der Waals surface area contributed by atoms with Crippen molar-refractivity contribution in [1.29, 1.82) is 0 Å². The molecule has 94 valence electrons. The molecule has 17 heavy (non-hydrogen) atoms. The summed E-state index contributed by atoms with van der Waals surface area (Å²) in [5.41, 5.74) is 0.998. The highest BCUT2D eigenvalue weighted by atomic mass is 32.2. The molecule has 0 saturated carbocycles. The summed E-state index contributed by atoms with van der Waals surface area (Å²) in [6.45, 7) is 0.124. The molecule has 1 fully saturated rings. The molecular weight excluding hydrogens is 236 g/mol. The van der Waals surface area contributed by atoms with E-state index in [-0.39, 0.29) is 6.61 Å². The Morgan fingerprint density at radius 1 is 1.47 bits per heavy atom. The van der Waals surface area contributed by atoms with E-state index in [2.05, 4.69) is 0 Å². The minimum atomic E-state index is 0.124. The van der Waals surface area contributed by atoms with Gasteiger partial charge < -0.3 is 14.6 Å². The zero-order valence-corrected chi connectivity index (χ0v) is 10.8. The van der Waals surface area contributed by atoms with Crippen molar-refractivity contribution >= 4 is 11.8 Å². The van der Waals surface area contributed by atoms with Crippen LogP contribution in [0.4, 0.5) is 0 Å². The first kappa shape index (κ1) is 12.6. The van der Waals surface area contributed by atoms with Crippen LogP contribution in [-0.2, 0) is 6.42 Å². The molecule has 1 aliphatic rings. The van der Waals surface area contributed by atoms with Crippen LogP contribution in [-0.4, -0.2) is 36.4 Å². The molecule has 0 amide bonds. The monoisotopic (exact) mass is 254 g/mol. The number of hydrogen-bond acceptors (Lipinski definition) is 4. The van der Waals surface area contributed by atoms with Gasteiger partial charge in [-0.1, -0.05) is 12.1 Å². The predicted octanol–water partition coefficient (Wildman–Crippen LogP) is 2.11. The molecule has 0 bridgehead atoms. The number of para-hydroxylation sites is 1. The van der Waals surface area contributed by atoms with Crippen LogP contribution in [0.5, 0.6) is 11.5 Å². The molecule has 1 heterocycles. The predicted molar refractivity (Wildman–Crippen MR) is 70.1 cm³/mol. The molecular formula is C13H18O3S.